The van der Waals surface area contributed by atoms with E-state index in [1.54, 1.807) is 11.3 Å². The molecule has 0 saturated carbocycles. The van der Waals surface area contributed by atoms with Crippen molar-refractivity contribution in [2.45, 2.75) is 27.7 Å². The van der Waals surface area contributed by atoms with E-state index in [1.165, 1.54) is 0 Å². The fourth-order valence-corrected chi connectivity index (χ4v) is 4.10. The minimum absolute atomic E-state index is 0.120. The number of nitriles is 2. The molecular formula is C30H36N4S. The molecule has 0 aliphatic carbocycles. The smallest absolute Gasteiger partial charge is 0.138 e. The van der Waals surface area contributed by atoms with E-state index in [-0.39, 0.29) is 5.57 Å². The third kappa shape index (κ3) is 8.18. The molecular weight excluding hydrogens is 448 g/mol. The highest BCUT2D eigenvalue weighted by Gasteiger charge is 2.14. The summed E-state index contributed by atoms with van der Waals surface area (Å²) >= 11 is 1.57. The third-order valence-electron chi connectivity index (χ3n) is 4.87. The average Bonchev–Trinajstić information content (AvgIpc) is 3.37. The maximum absolute atomic E-state index is 9.53. The summed E-state index contributed by atoms with van der Waals surface area (Å²) in [5, 5.41) is 19.1. The lowest BCUT2D eigenvalue weighted by molar-refractivity contribution is 1.13. The summed E-state index contributed by atoms with van der Waals surface area (Å²) in [6.45, 7) is 8.00. The van der Waals surface area contributed by atoms with Gasteiger partial charge in [-0.3, -0.25) is 0 Å². The van der Waals surface area contributed by atoms with E-state index in [9.17, 15) is 10.5 Å². The Kier molecular flexibility index (Phi) is 12.7. The van der Waals surface area contributed by atoms with Gasteiger partial charge >= 0.3 is 0 Å². The number of hydrogen-bond donors (Lipinski definition) is 0. The summed E-state index contributed by atoms with van der Waals surface area (Å²) in [6, 6.07) is 24.4. The van der Waals surface area contributed by atoms with Gasteiger partial charge in [-0.1, -0.05) is 58.0 Å². The van der Waals surface area contributed by atoms with Crippen molar-refractivity contribution >= 4 is 40.4 Å². The molecule has 0 unspecified atom stereocenters. The van der Waals surface area contributed by atoms with Crippen LogP contribution in [-0.4, -0.2) is 28.2 Å². The summed E-state index contributed by atoms with van der Waals surface area (Å²) in [4.78, 5) is 6.05. The molecule has 182 valence electrons. The second kappa shape index (κ2) is 15.2. The first-order valence-corrected chi connectivity index (χ1v) is 12.6. The van der Waals surface area contributed by atoms with Gasteiger partial charge in [0.1, 0.15) is 17.7 Å². The maximum Gasteiger partial charge on any atom is 0.138 e. The summed E-state index contributed by atoms with van der Waals surface area (Å²) < 4.78 is 0. The van der Waals surface area contributed by atoms with E-state index < -0.39 is 0 Å². The Hall–Kier alpha value is -3.80. The van der Waals surface area contributed by atoms with Crippen molar-refractivity contribution in [3.05, 3.63) is 87.1 Å². The van der Waals surface area contributed by atoms with Crippen LogP contribution < -0.4 is 9.80 Å². The van der Waals surface area contributed by atoms with Gasteiger partial charge < -0.3 is 9.80 Å². The minimum atomic E-state index is 0.120. The zero-order valence-corrected chi connectivity index (χ0v) is 22.9. The van der Waals surface area contributed by atoms with Gasteiger partial charge in [0, 0.05) is 54.9 Å². The van der Waals surface area contributed by atoms with Crippen LogP contribution in [0.2, 0.25) is 0 Å². The van der Waals surface area contributed by atoms with E-state index in [1.807, 2.05) is 97.2 Å². The predicted octanol–water partition coefficient (Wildman–Crippen LogP) is 7.95. The van der Waals surface area contributed by atoms with Gasteiger partial charge in [-0.05, 0) is 53.6 Å². The van der Waals surface area contributed by atoms with Gasteiger partial charge in [-0.15, -0.1) is 11.3 Å². The van der Waals surface area contributed by atoms with E-state index in [0.717, 1.165) is 32.3 Å². The molecule has 3 aromatic rings. The van der Waals surface area contributed by atoms with Gasteiger partial charge in [0.25, 0.3) is 0 Å². The first-order chi connectivity index (χ1) is 16.9. The van der Waals surface area contributed by atoms with E-state index in [4.69, 9.17) is 0 Å². The first-order valence-electron chi connectivity index (χ1n) is 11.8. The van der Waals surface area contributed by atoms with Gasteiger partial charge in [-0.2, -0.15) is 10.5 Å². The lowest BCUT2D eigenvalue weighted by atomic mass is 9.99. The monoisotopic (exact) mass is 484 g/mol. The van der Waals surface area contributed by atoms with Gasteiger partial charge in [0.05, 0.1) is 0 Å². The summed E-state index contributed by atoms with van der Waals surface area (Å²) in [5.74, 6) is 0. The van der Waals surface area contributed by atoms with Crippen LogP contribution in [0.1, 0.15) is 48.6 Å². The largest absolute Gasteiger partial charge is 0.378 e. The fourth-order valence-electron chi connectivity index (χ4n) is 3.11. The lowest BCUT2D eigenvalue weighted by Gasteiger charge is -2.13. The van der Waals surface area contributed by atoms with Crippen LogP contribution >= 0.6 is 11.3 Å². The standard InChI is InChI=1S/C26H24N4S.2C2H6/c1-29(2)22-10-5-19(6-11-22)7-14-24-15-16-25(31-24)26(21(17-27)18-28)20-8-12-23(13-9-20)30(3)4;2*1-2/h5-16H,1-4H3;2*1-2H3/b14-7+;;. The van der Waals surface area contributed by atoms with Crippen molar-refractivity contribution in [2.75, 3.05) is 38.0 Å². The molecule has 0 aliphatic heterocycles. The zero-order chi connectivity index (χ0) is 26.4. The molecule has 2 aromatic carbocycles. The van der Waals surface area contributed by atoms with Crippen LogP contribution in [0.4, 0.5) is 11.4 Å². The molecule has 0 fully saturated rings. The second-order valence-electron chi connectivity index (χ2n) is 7.44. The zero-order valence-electron chi connectivity index (χ0n) is 22.1. The third-order valence-corrected chi connectivity index (χ3v) is 5.94. The lowest BCUT2D eigenvalue weighted by Crippen LogP contribution is -2.08. The molecule has 5 heteroatoms. The Balaban J connectivity index is 0.00000145. The summed E-state index contributed by atoms with van der Waals surface area (Å²) in [5.41, 5.74) is 5.00. The second-order valence-corrected chi connectivity index (χ2v) is 8.55. The molecule has 4 nitrogen and oxygen atoms in total. The highest BCUT2D eigenvalue weighted by Crippen LogP contribution is 2.33. The molecule has 1 aromatic heterocycles. The highest BCUT2D eigenvalue weighted by atomic mass is 32.1. The Bertz CT molecular complexity index is 1170. The molecule has 35 heavy (non-hydrogen) atoms. The summed E-state index contributed by atoms with van der Waals surface area (Å²) in [6.07, 6.45) is 4.13. The van der Waals surface area contributed by atoms with Crippen molar-refractivity contribution < 1.29 is 0 Å². The Morgan fingerprint density at radius 1 is 0.686 bits per heavy atom. The number of benzene rings is 2. The summed E-state index contributed by atoms with van der Waals surface area (Å²) in [7, 11) is 8.00. The van der Waals surface area contributed by atoms with Gasteiger partial charge in [0.2, 0.25) is 0 Å². The molecule has 0 bridgehead atoms. The topological polar surface area (TPSA) is 54.1 Å². The number of thiophene rings is 1. The average molecular weight is 485 g/mol. The minimum Gasteiger partial charge on any atom is -0.378 e. The van der Waals surface area contributed by atoms with Crippen molar-refractivity contribution in [3.63, 3.8) is 0 Å². The number of anilines is 2. The van der Waals surface area contributed by atoms with Crippen LogP contribution in [0.15, 0.2) is 66.2 Å². The van der Waals surface area contributed by atoms with E-state index >= 15 is 0 Å². The van der Waals surface area contributed by atoms with Gasteiger partial charge in [0.15, 0.2) is 0 Å². The Morgan fingerprint density at radius 3 is 1.63 bits per heavy atom. The normalized spacial score (nSPS) is 9.54. The quantitative estimate of drug-likeness (QED) is 0.333. The maximum atomic E-state index is 9.53. The molecule has 0 spiro atoms. The molecule has 0 radical (unpaired) electrons. The van der Waals surface area contributed by atoms with Crippen LogP contribution in [0, 0.1) is 22.7 Å². The molecule has 1 heterocycles. The fraction of sp³-hybridized carbons (Fsp3) is 0.267. The SMILES string of the molecule is CC.CC.CN(C)c1ccc(/C=C/c2ccc(C(=C(C#N)C#N)c3ccc(N(C)C)cc3)s2)cc1. The van der Waals surface area contributed by atoms with Crippen molar-refractivity contribution in [3.8, 4) is 12.1 Å². The van der Waals surface area contributed by atoms with Crippen LogP contribution in [0.5, 0.6) is 0 Å². The number of hydrogen-bond acceptors (Lipinski definition) is 5. The molecule has 0 saturated heterocycles. The predicted molar refractivity (Wildman–Crippen MR) is 155 cm³/mol. The molecule has 0 amide bonds. The van der Waals surface area contributed by atoms with Gasteiger partial charge in [-0.25, -0.2) is 0 Å². The van der Waals surface area contributed by atoms with E-state index in [0.29, 0.717) is 5.57 Å². The highest BCUT2D eigenvalue weighted by molar-refractivity contribution is 7.14. The van der Waals surface area contributed by atoms with Crippen molar-refractivity contribution in [1.29, 1.82) is 10.5 Å². The molecule has 0 atom stereocenters. The number of allylic oxidation sites excluding steroid dienone is 1. The van der Waals surface area contributed by atoms with Crippen molar-refractivity contribution in [1.82, 2.24) is 0 Å². The van der Waals surface area contributed by atoms with E-state index in [2.05, 4.69) is 53.5 Å². The van der Waals surface area contributed by atoms with Crippen LogP contribution in [-0.2, 0) is 0 Å². The number of rotatable bonds is 6. The molecule has 3 rings (SSSR count). The Morgan fingerprint density at radius 2 is 1.17 bits per heavy atom. The molecule has 0 N–H and O–H groups in total. The number of nitrogens with zero attached hydrogens (tertiary/aromatic N) is 4. The van der Waals surface area contributed by atoms with Crippen LogP contribution in [0.3, 0.4) is 0 Å². The molecule has 0 aliphatic rings. The first kappa shape index (κ1) is 29.2. The van der Waals surface area contributed by atoms with Crippen molar-refractivity contribution in [2.24, 2.45) is 0 Å². The van der Waals surface area contributed by atoms with Crippen LogP contribution in [0.25, 0.3) is 17.7 Å². The Labute approximate surface area is 215 Å².